The molecule has 70 valence electrons. The van der Waals surface area contributed by atoms with Crippen LogP contribution in [0.4, 0.5) is 5.69 Å². The van der Waals surface area contributed by atoms with Gasteiger partial charge in [0.15, 0.2) is 0 Å². The number of anilines is 1. The maximum absolute atomic E-state index is 8.78. The van der Waals surface area contributed by atoms with Crippen molar-refractivity contribution in [2.24, 2.45) is 0 Å². The van der Waals surface area contributed by atoms with Gasteiger partial charge in [0.05, 0.1) is 17.4 Å². The number of hydrogen-bond acceptors (Lipinski definition) is 3. The zero-order valence-electron chi connectivity index (χ0n) is 8.04. The van der Waals surface area contributed by atoms with Crippen molar-refractivity contribution in [3.8, 4) is 17.9 Å². The Morgan fingerprint density at radius 1 is 1.57 bits per heavy atom. The van der Waals surface area contributed by atoms with Crippen molar-refractivity contribution in [1.29, 1.82) is 5.26 Å². The smallest absolute Gasteiger partial charge is 0.101 e. The summed E-state index contributed by atoms with van der Waals surface area (Å²) in [6.45, 7) is 2.55. The fraction of sp³-hybridized carbons (Fsp3) is 0.273. The second kappa shape index (κ2) is 5.61. The van der Waals surface area contributed by atoms with Crippen molar-refractivity contribution < 1.29 is 0 Å². The van der Waals surface area contributed by atoms with Crippen molar-refractivity contribution in [2.75, 3.05) is 11.9 Å². The molecule has 0 saturated heterocycles. The summed E-state index contributed by atoms with van der Waals surface area (Å²) < 4.78 is 0. The van der Waals surface area contributed by atoms with Crippen LogP contribution in [0.2, 0.25) is 0 Å². The molecule has 14 heavy (non-hydrogen) atoms. The lowest BCUT2D eigenvalue weighted by atomic mass is 10.2. The quantitative estimate of drug-likeness (QED) is 0.576. The molecule has 0 amide bonds. The number of nitrogens with one attached hydrogen (secondary N) is 1. The van der Waals surface area contributed by atoms with Crippen LogP contribution in [0.15, 0.2) is 18.5 Å². The molecule has 1 N–H and O–H groups in total. The van der Waals surface area contributed by atoms with Crippen molar-refractivity contribution in [3.05, 3.63) is 24.0 Å². The minimum absolute atomic E-state index is 0.615. The predicted molar refractivity (Wildman–Crippen MR) is 55.5 cm³/mol. The highest BCUT2D eigenvalue weighted by Crippen LogP contribution is 2.10. The molecule has 0 spiro atoms. The normalized spacial score (nSPS) is 8.29. The third-order valence-corrected chi connectivity index (χ3v) is 1.68. The van der Waals surface area contributed by atoms with E-state index in [1.807, 2.05) is 6.92 Å². The van der Waals surface area contributed by atoms with E-state index in [0.717, 1.165) is 18.7 Å². The first-order valence-electron chi connectivity index (χ1n) is 4.36. The van der Waals surface area contributed by atoms with E-state index >= 15 is 0 Å². The summed E-state index contributed by atoms with van der Waals surface area (Å²) in [5.41, 5.74) is 1.39. The monoisotopic (exact) mass is 185 g/mol. The van der Waals surface area contributed by atoms with Crippen molar-refractivity contribution in [1.82, 2.24) is 4.98 Å². The molecule has 0 aliphatic heterocycles. The second-order valence-electron chi connectivity index (χ2n) is 2.64. The number of aromatic nitrogens is 1. The van der Waals surface area contributed by atoms with Crippen LogP contribution in [0.5, 0.6) is 0 Å². The predicted octanol–water partition coefficient (Wildman–Crippen LogP) is 1.78. The van der Waals surface area contributed by atoms with E-state index in [4.69, 9.17) is 5.26 Å². The minimum Gasteiger partial charge on any atom is -0.382 e. The first-order valence-corrected chi connectivity index (χ1v) is 4.36. The van der Waals surface area contributed by atoms with Gasteiger partial charge >= 0.3 is 0 Å². The van der Waals surface area contributed by atoms with Gasteiger partial charge in [0.2, 0.25) is 0 Å². The molecule has 1 heterocycles. The van der Waals surface area contributed by atoms with E-state index < -0.39 is 0 Å². The van der Waals surface area contributed by atoms with Gasteiger partial charge in [-0.15, -0.1) is 11.8 Å². The van der Waals surface area contributed by atoms with Gasteiger partial charge < -0.3 is 5.32 Å². The van der Waals surface area contributed by atoms with Crippen molar-refractivity contribution in [2.45, 2.75) is 13.3 Å². The lowest BCUT2D eigenvalue weighted by molar-refractivity contribution is 1.09. The fourth-order valence-electron chi connectivity index (χ4n) is 1.02. The lowest BCUT2D eigenvalue weighted by Crippen LogP contribution is -2.02. The highest BCUT2D eigenvalue weighted by molar-refractivity contribution is 5.55. The molecule has 3 nitrogen and oxygen atoms in total. The molecule has 0 radical (unpaired) electrons. The molecule has 0 aromatic carbocycles. The van der Waals surface area contributed by atoms with Gasteiger partial charge in [-0.25, -0.2) is 0 Å². The van der Waals surface area contributed by atoms with Crippen LogP contribution in [-0.4, -0.2) is 11.5 Å². The third kappa shape index (κ3) is 2.80. The molecule has 3 heteroatoms. The van der Waals surface area contributed by atoms with Crippen molar-refractivity contribution >= 4 is 5.69 Å². The molecule has 0 fully saturated rings. The minimum atomic E-state index is 0.615. The Labute approximate surface area is 83.8 Å². The molecule has 0 aliphatic rings. The molecule has 0 unspecified atom stereocenters. The van der Waals surface area contributed by atoms with E-state index in [1.54, 1.807) is 18.5 Å². The number of rotatable bonds is 3. The van der Waals surface area contributed by atoms with Gasteiger partial charge in [0.1, 0.15) is 6.07 Å². The maximum Gasteiger partial charge on any atom is 0.101 e. The Kier molecular flexibility index (Phi) is 4.04. The Morgan fingerprint density at radius 3 is 3.14 bits per heavy atom. The average molecular weight is 185 g/mol. The van der Waals surface area contributed by atoms with Crippen LogP contribution in [0, 0.1) is 23.2 Å². The second-order valence-corrected chi connectivity index (χ2v) is 2.64. The van der Waals surface area contributed by atoms with Crippen LogP contribution < -0.4 is 5.32 Å². The number of nitrogens with zero attached hydrogens (tertiary/aromatic N) is 2. The first-order chi connectivity index (χ1) is 6.88. The van der Waals surface area contributed by atoms with Crippen LogP contribution in [0.25, 0.3) is 0 Å². The summed E-state index contributed by atoms with van der Waals surface area (Å²) in [7, 11) is 0. The van der Waals surface area contributed by atoms with E-state index in [0.29, 0.717) is 5.56 Å². The van der Waals surface area contributed by atoms with E-state index in [9.17, 15) is 0 Å². The number of nitriles is 1. The summed E-state index contributed by atoms with van der Waals surface area (Å²) in [5.74, 6) is 5.75. The Balaban J connectivity index is 2.57. The highest BCUT2D eigenvalue weighted by Gasteiger charge is 1.98. The summed E-state index contributed by atoms with van der Waals surface area (Å²) >= 11 is 0. The average Bonchev–Trinajstić information content (AvgIpc) is 2.25. The molecule has 0 bridgehead atoms. The van der Waals surface area contributed by atoms with E-state index in [2.05, 4.69) is 28.2 Å². The first kappa shape index (κ1) is 10.1. The van der Waals surface area contributed by atoms with E-state index in [-0.39, 0.29) is 0 Å². The zero-order chi connectivity index (χ0) is 10.2. The summed E-state index contributed by atoms with van der Waals surface area (Å²) in [4.78, 5) is 3.94. The van der Waals surface area contributed by atoms with Gasteiger partial charge in [-0.2, -0.15) is 5.26 Å². The molecule has 1 aromatic rings. The van der Waals surface area contributed by atoms with E-state index in [1.165, 1.54) is 0 Å². The molecular formula is C11H11N3. The molecular weight excluding hydrogens is 174 g/mol. The fourth-order valence-corrected chi connectivity index (χ4v) is 1.02. The Hall–Kier alpha value is -2.00. The van der Waals surface area contributed by atoms with Crippen molar-refractivity contribution in [3.63, 3.8) is 0 Å². The Bertz CT molecular complexity index is 393. The van der Waals surface area contributed by atoms with Crippen LogP contribution in [0.1, 0.15) is 18.9 Å². The SMILES string of the molecule is CC#CCCNc1cnccc1C#N. The number of hydrogen-bond donors (Lipinski definition) is 1. The van der Waals surface area contributed by atoms with Gasteiger partial charge in [0.25, 0.3) is 0 Å². The summed E-state index contributed by atoms with van der Waals surface area (Å²) in [5, 5.41) is 11.9. The molecule has 1 aromatic heterocycles. The third-order valence-electron chi connectivity index (χ3n) is 1.68. The molecule has 1 rings (SSSR count). The van der Waals surface area contributed by atoms with Gasteiger partial charge in [-0.05, 0) is 13.0 Å². The largest absolute Gasteiger partial charge is 0.382 e. The maximum atomic E-state index is 8.78. The summed E-state index contributed by atoms with van der Waals surface area (Å²) in [6.07, 6.45) is 4.03. The lowest BCUT2D eigenvalue weighted by Gasteiger charge is -2.04. The highest BCUT2D eigenvalue weighted by atomic mass is 14.9. The molecule has 0 atom stereocenters. The van der Waals surface area contributed by atoms with Gasteiger partial charge in [-0.3, -0.25) is 4.98 Å². The Morgan fingerprint density at radius 2 is 2.43 bits per heavy atom. The topological polar surface area (TPSA) is 48.7 Å². The standard InChI is InChI=1S/C11H11N3/c1-2-3-4-6-14-11-9-13-7-5-10(11)8-12/h5,7,9,14H,4,6H2,1H3. The molecule has 0 aliphatic carbocycles. The number of pyridine rings is 1. The molecule has 0 saturated carbocycles. The van der Waals surface area contributed by atoms with Crippen LogP contribution in [0.3, 0.4) is 0 Å². The van der Waals surface area contributed by atoms with Crippen LogP contribution >= 0.6 is 0 Å². The van der Waals surface area contributed by atoms with Crippen LogP contribution in [-0.2, 0) is 0 Å². The van der Waals surface area contributed by atoms with Gasteiger partial charge in [0, 0.05) is 19.2 Å². The zero-order valence-corrected chi connectivity index (χ0v) is 8.04. The van der Waals surface area contributed by atoms with Gasteiger partial charge in [-0.1, -0.05) is 0 Å². The summed E-state index contributed by atoms with van der Waals surface area (Å²) in [6, 6.07) is 3.79.